The van der Waals surface area contributed by atoms with Crippen LogP contribution in [0.3, 0.4) is 0 Å². The van der Waals surface area contributed by atoms with E-state index in [9.17, 15) is 4.79 Å². The number of carbonyl (C=O) groups is 1. The molecule has 4 heteroatoms. The maximum absolute atomic E-state index is 11.5. The van der Waals surface area contributed by atoms with Gasteiger partial charge in [-0.05, 0) is 13.0 Å². The molecular weight excluding hydrogens is 295 g/mol. The van der Waals surface area contributed by atoms with Crippen LogP contribution < -0.4 is 0 Å². The first-order valence-corrected chi connectivity index (χ1v) is 5.12. The zero-order valence-electron chi connectivity index (χ0n) is 7.62. The van der Waals surface area contributed by atoms with E-state index in [2.05, 4.69) is 0 Å². The molecule has 1 aliphatic heterocycles. The van der Waals surface area contributed by atoms with Crippen molar-refractivity contribution < 1.29 is 12.6 Å². The van der Waals surface area contributed by atoms with Crippen LogP contribution in [0.5, 0.6) is 0 Å². The molecule has 0 aliphatic carbocycles. The fourth-order valence-corrected chi connectivity index (χ4v) is 2.24. The molecule has 1 aliphatic rings. The molecule has 1 aromatic carbocycles. The van der Waals surface area contributed by atoms with Crippen LogP contribution in [-0.4, -0.2) is 12.6 Å². The number of hydrogen-bond donors (Lipinski definition) is 0. The average Bonchev–Trinajstić information content (AvgIpc) is 2.41. The molecule has 14 heavy (non-hydrogen) atoms. The third kappa shape index (κ3) is 1.42. The zero-order chi connectivity index (χ0) is 10.2. The minimum atomic E-state index is -0.630. The summed E-state index contributed by atoms with van der Waals surface area (Å²) in [6.45, 7) is 2.23. The van der Waals surface area contributed by atoms with Crippen LogP contribution >= 0.6 is 23.0 Å². The highest BCUT2D eigenvalue weighted by atomic mass is 127. The molecular formula is C10H9IO3. The lowest BCUT2D eigenvalue weighted by molar-refractivity contribution is -0.0145. The van der Waals surface area contributed by atoms with Crippen LogP contribution in [0.1, 0.15) is 22.8 Å². The predicted molar refractivity (Wildman–Crippen MR) is 59.2 cm³/mol. The van der Waals surface area contributed by atoms with E-state index < -0.39 is 5.60 Å². The molecule has 1 unspecified atom stereocenters. The van der Waals surface area contributed by atoms with Crippen LogP contribution in [-0.2, 0) is 13.4 Å². The summed E-state index contributed by atoms with van der Waals surface area (Å²) < 4.78 is 10.3. The standard InChI is InChI=1S/C10H9IO3/c1-10(6-13-11)8-5-3-2-4-7(8)9(12)14-10/h2-5H,6H2,1H3. The minimum Gasteiger partial charge on any atom is -0.448 e. The van der Waals surface area contributed by atoms with E-state index in [1.165, 1.54) is 0 Å². The molecule has 0 amide bonds. The first-order valence-electron chi connectivity index (χ1n) is 4.24. The molecule has 1 aromatic rings. The van der Waals surface area contributed by atoms with E-state index in [1.54, 1.807) is 29.1 Å². The highest BCUT2D eigenvalue weighted by Gasteiger charge is 2.41. The maximum Gasteiger partial charge on any atom is 0.339 e. The van der Waals surface area contributed by atoms with Gasteiger partial charge in [-0.1, -0.05) is 18.2 Å². The molecule has 74 valence electrons. The van der Waals surface area contributed by atoms with Gasteiger partial charge in [0.1, 0.15) is 29.6 Å². The Morgan fingerprint density at radius 3 is 2.93 bits per heavy atom. The van der Waals surface area contributed by atoms with E-state index in [4.69, 9.17) is 7.80 Å². The minimum absolute atomic E-state index is 0.267. The largest absolute Gasteiger partial charge is 0.448 e. The van der Waals surface area contributed by atoms with Crippen molar-refractivity contribution in [2.45, 2.75) is 12.5 Å². The summed E-state index contributed by atoms with van der Waals surface area (Å²) in [6, 6.07) is 7.40. The van der Waals surface area contributed by atoms with Gasteiger partial charge >= 0.3 is 5.97 Å². The number of hydrogen-bond acceptors (Lipinski definition) is 3. The second-order valence-corrected chi connectivity index (χ2v) is 4.04. The van der Waals surface area contributed by atoms with E-state index in [-0.39, 0.29) is 5.97 Å². The van der Waals surface area contributed by atoms with Gasteiger partial charge in [0.25, 0.3) is 0 Å². The lowest BCUT2D eigenvalue weighted by atomic mass is 9.95. The van der Waals surface area contributed by atoms with Crippen LogP contribution in [0.4, 0.5) is 0 Å². The highest BCUT2D eigenvalue weighted by Crippen LogP contribution is 2.36. The van der Waals surface area contributed by atoms with E-state index in [0.29, 0.717) is 12.2 Å². The first kappa shape index (κ1) is 9.92. The number of ether oxygens (including phenoxy) is 1. The fourth-order valence-electron chi connectivity index (χ4n) is 1.65. The monoisotopic (exact) mass is 304 g/mol. The van der Waals surface area contributed by atoms with Gasteiger partial charge < -0.3 is 7.80 Å². The third-order valence-corrected chi connectivity index (χ3v) is 2.68. The molecule has 3 nitrogen and oxygen atoms in total. The van der Waals surface area contributed by atoms with Crippen molar-refractivity contribution in [2.24, 2.45) is 0 Å². The number of cyclic esters (lactones) is 1. The van der Waals surface area contributed by atoms with Gasteiger partial charge in [0, 0.05) is 5.56 Å². The van der Waals surface area contributed by atoms with Gasteiger partial charge in [0.05, 0.1) is 5.56 Å². The zero-order valence-corrected chi connectivity index (χ0v) is 9.78. The van der Waals surface area contributed by atoms with Crippen molar-refractivity contribution in [1.29, 1.82) is 0 Å². The van der Waals surface area contributed by atoms with Gasteiger partial charge in [-0.15, -0.1) is 0 Å². The molecule has 0 saturated heterocycles. The molecule has 0 N–H and O–H groups in total. The van der Waals surface area contributed by atoms with Gasteiger partial charge in [-0.3, -0.25) is 0 Å². The summed E-state index contributed by atoms with van der Waals surface area (Å²) in [4.78, 5) is 11.5. The number of carbonyl (C=O) groups excluding carboxylic acids is 1. The summed E-state index contributed by atoms with van der Waals surface area (Å²) in [5, 5.41) is 0. The van der Waals surface area contributed by atoms with E-state index >= 15 is 0 Å². The SMILES string of the molecule is CC1(COI)OC(=O)c2ccccc21. The molecule has 1 atom stereocenters. The second kappa shape index (κ2) is 3.51. The molecule has 2 rings (SSSR count). The van der Waals surface area contributed by atoms with Crippen molar-refractivity contribution in [2.75, 3.05) is 6.61 Å². The van der Waals surface area contributed by atoms with Crippen LogP contribution in [0.2, 0.25) is 0 Å². The number of esters is 1. The lowest BCUT2D eigenvalue weighted by Gasteiger charge is -2.21. The van der Waals surface area contributed by atoms with Crippen LogP contribution in [0.15, 0.2) is 24.3 Å². The van der Waals surface area contributed by atoms with Crippen molar-refractivity contribution in [3.63, 3.8) is 0 Å². The van der Waals surface area contributed by atoms with Gasteiger partial charge in [0.2, 0.25) is 0 Å². The second-order valence-electron chi connectivity index (χ2n) is 3.42. The Balaban J connectivity index is 2.48. The van der Waals surface area contributed by atoms with E-state index in [0.717, 1.165) is 5.56 Å². The summed E-state index contributed by atoms with van der Waals surface area (Å²) in [5.41, 5.74) is 0.916. The normalized spacial score (nSPS) is 24.6. The van der Waals surface area contributed by atoms with Crippen molar-refractivity contribution in [1.82, 2.24) is 0 Å². The molecule has 0 fully saturated rings. The Bertz CT molecular complexity index is 377. The molecule has 0 saturated carbocycles. The van der Waals surface area contributed by atoms with Gasteiger partial charge in [-0.2, -0.15) is 0 Å². The molecule has 0 aromatic heterocycles. The Morgan fingerprint density at radius 1 is 1.50 bits per heavy atom. The predicted octanol–water partition coefficient (Wildman–Crippen LogP) is 2.44. The van der Waals surface area contributed by atoms with E-state index in [1.807, 2.05) is 25.1 Å². The third-order valence-electron chi connectivity index (χ3n) is 2.36. The number of fused-ring (bicyclic) bond motifs is 1. The molecule has 0 radical (unpaired) electrons. The van der Waals surface area contributed by atoms with Gasteiger partial charge in [-0.25, -0.2) is 4.79 Å². The lowest BCUT2D eigenvalue weighted by Crippen LogP contribution is -2.26. The smallest absolute Gasteiger partial charge is 0.339 e. The maximum atomic E-state index is 11.5. The summed E-state index contributed by atoms with van der Waals surface area (Å²) >= 11 is 1.80. The number of halogens is 1. The molecule has 0 bridgehead atoms. The van der Waals surface area contributed by atoms with Crippen molar-refractivity contribution in [3.05, 3.63) is 35.4 Å². The Morgan fingerprint density at radius 2 is 2.21 bits per heavy atom. The average molecular weight is 304 g/mol. The summed E-state index contributed by atoms with van der Waals surface area (Å²) in [6.07, 6.45) is 0. The molecule has 0 spiro atoms. The number of benzene rings is 1. The number of rotatable bonds is 2. The Labute approximate surface area is 96.1 Å². The van der Waals surface area contributed by atoms with Crippen LogP contribution in [0.25, 0.3) is 0 Å². The van der Waals surface area contributed by atoms with Crippen LogP contribution in [0, 0.1) is 0 Å². The van der Waals surface area contributed by atoms with Crippen molar-refractivity contribution in [3.8, 4) is 0 Å². The van der Waals surface area contributed by atoms with Gasteiger partial charge in [0.15, 0.2) is 5.60 Å². The summed E-state index contributed by atoms with van der Waals surface area (Å²) in [5.74, 6) is -0.267. The highest BCUT2D eigenvalue weighted by molar-refractivity contribution is 14.1. The first-order chi connectivity index (χ1) is 6.67. The Kier molecular flexibility index (Phi) is 2.48. The van der Waals surface area contributed by atoms with Crippen molar-refractivity contribution >= 4 is 29.0 Å². The summed E-state index contributed by atoms with van der Waals surface area (Å²) in [7, 11) is 0. The quantitative estimate of drug-likeness (QED) is 0.622. The topological polar surface area (TPSA) is 35.5 Å². The Hall–Kier alpha value is -0.620. The fraction of sp³-hybridized carbons (Fsp3) is 0.300. The molecule has 1 heterocycles.